The van der Waals surface area contributed by atoms with Gasteiger partial charge in [-0.1, -0.05) is 95.2 Å². The Morgan fingerprint density at radius 2 is 1.53 bits per heavy atom. The van der Waals surface area contributed by atoms with Crippen LogP contribution >= 0.6 is 11.8 Å². The first-order valence-corrected chi connectivity index (χ1v) is 12.9. The highest BCUT2D eigenvalue weighted by atomic mass is 32.2. The molecular formula is C29H30N4S. The van der Waals surface area contributed by atoms with Crippen molar-refractivity contribution in [2.24, 2.45) is 0 Å². The van der Waals surface area contributed by atoms with Gasteiger partial charge in [0.05, 0.1) is 0 Å². The van der Waals surface area contributed by atoms with Gasteiger partial charge in [-0.25, -0.2) is 0 Å². The summed E-state index contributed by atoms with van der Waals surface area (Å²) in [5.41, 5.74) is 8.88. The Labute approximate surface area is 206 Å². The van der Waals surface area contributed by atoms with Gasteiger partial charge in [-0.2, -0.15) is 0 Å². The summed E-state index contributed by atoms with van der Waals surface area (Å²) in [5, 5.41) is 13.9. The number of nitrogens with one attached hydrogen (secondary N) is 1. The molecule has 5 rings (SSSR count). The predicted molar refractivity (Wildman–Crippen MR) is 141 cm³/mol. The van der Waals surface area contributed by atoms with E-state index in [9.17, 15) is 0 Å². The summed E-state index contributed by atoms with van der Waals surface area (Å²) in [6, 6.07) is 27.7. The average Bonchev–Trinajstić information content (AvgIpc) is 3.25. The molecule has 0 atom stereocenters. The van der Waals surface area contributed by atoms with Crippen molar-refractivity contribution in [3.63, 3.8) is 0 Å². The molecule has 0 spiro atoms. The Balaban J connectivity index is 1.39. The van der Waals surface area contributed by atoms with Crippen molar-refractivity contribution in [1.29, 1.82) is 0 Å². The van der Waals surface area contributed by atoms with Crippen LogP contribution in [0, 0.1) is 13.8 Å². The molecular weight excluding hydrogens is 436 g/mol. The highest BCUT2D eigenvalue weighted by Crippen LogP contribution is 2.33. The largest absolute Gasteiger partial charge is 0.384 e. The minimum Gasteiger partial charge on any atom is -0.384 e. The number of rotatable bonds is 8. The van der Waals surface area contributed by atoms with E-state index in [1.165, 1.54) is 41.6 Å². The molecule has 0 amide bonds. The third-order valence-corrected chi connectivity index (χ3v) is 7.27. The molecule has 1 saturated carbocycles. The summed E-state index contributed by atoms with van der Waals surface area (Å²) in [6.45, 7) is 5.08. The van der Waals surface area contributed by atoms with Crippen LogP contribution in [0.15, 0.2) is 95.3 Å². The first-order valence-electron chi connectivity index (χ1n) is 11.9. The maximum Gasteiger partial charge on any atom is 0.196 e. The highest BCUT2D eigenvalue weighted by Gasteiger charge is 2.19. The lowest BCUT2D eigenvalue weighted by Gasteiger charge is -2.23. The summed E-state index contributed by atoms with van der Waals surface area (Å²) in [4.78, 5) is 0. The van der Waals surface area contributed by atoms with Crippen LogP contribution in [0.2, 0.25) is 0 Å². The minimum atomic E-state index is 0.847. The quantitative estimate of drug-likeness (QED) is 0.288. The fourth-order valence-corrected chi connectivity index (χ4v) is 5.05. The molecule has 4 nitrogen and oxygen atoms in total. The first kappa shape index (κ1) is 22.5. The zero-order valence-electron chi connectivity index (χ0n) is 19.8. The molecule has 5 heteroatoms. The molecule has 0 unspecified atom stereocenters. The van der Waals surface area contributed by atoms with Gasteiger partial charge in [-0.15, -0.1) is 10.2 Å². The van der Waals surface area contributed by atoms with Crippen molar-refractivity contribution < 1.29 is 0 Å². The maximum atomic E-state index is 4.62. The van der Waals surface area contributed by atoms with Gasteiger partial charge < -0.3 is 5.32 Å². The van der Waals surface area contributed by atoms with Gasteiger partial charge >= 0.3 is 0 Å². The Hall–Kier alpha value is -3.31. The van der Waals surface area contributed by atoms with Gasteiger partial charge in [-0.3, -0.25) is 4.57 Å². The fraction of sp³-hybridized carbons (Fsp3) is 0.241. The number of aromatic nitrogens is 3. The lowest BCUT2D eigenvalue weighted by atomic mass is 9.91. The lowest BCUT2D eigenvalue weighted by molar-refractivity contribution is 0.628. The summed E-state index contributed by atoms with van der Waals surface area (Å²) in [6.07, 6.45) is 3.67. The number of para-hydroxylation sites is 1. The standard InChI is InChI=1S/C29H30N4S/c1-21-11-15-23(16-12-21)19-30-27(24-7-6-8-24)20-34-29-32-31-28(25-17-13-22(2)14-18-25)33(29)26-9-4-3-5-10-26/h3-5,9-18,30H,6-8,19-20H2,1-2H3. The van der Waals surface area contributed by atoms with Gasteiger partial charge in [0.1, 0.15) is 0 Å². The van der Waals surface area contributed by atoms with E-state index in [2.05, 4.69) is 107 Å². The normalized spacial score (nSPS) is 12.9. The van der Waals surface area contributed by atoms with E-state index in [-0.39, 0.29) is 0 Å². The van der Waals surface area contributed by atoms with Gasteiger partial charge in [0.15, 0.2) is 11.0 Å². The number of hydrogen-bond acceptors (Lipinski definition) is 4. The SMILES string of the molecule is Cc1ccc(CNC(CSc2nnc(-c3ccc(C)cc3)n2-c2ccccc2)=C2CCC2)cc1. The number of benzene rings is 3. The van der Waals surface area contributed by atoms with E-state index in [1.807, 2.05) is 6.07 Å². The van der Waals surface area contributed by atoms with Crippen LogP contribution in [0.3, 0.4) is 0 Å². The third kappa shape index (κ3) is 5.10. The van der Waals surface area contributed by atoms with Crippen molar-refractivity contribution in [1.82, 2.24) is 20.1 Å². The number of nitrogens with zero attached hydrogens (tertiary/aromatic N) is 3. The molecule has 0 aliphatic heterocycles. The monoisotopic (exact) mass is 466 g/mol. The fourth-order valence-electron chi connectivity index (χ4n) is 4.05. The Morgan fingerprint density at radius 3 is 2.18 bits per heavy atom. The number of allylic oxidation sites excluding steroid dienone is 1. The van der Waals surface area contributed by atoms with Gasteiger partial charge in [0.2, 0.25) is 0 Å². The minimum absolute atomic E-state index is 0.847. The van der Waals surface area contributed by atoms with E-state index < -0.39 is 0 Å². The molecule has 3 aromatic carbocycles. The highest BCUT2D eigenvalue weighted by molar-refractivity contribution is 7.99. The zero-order chi connectivity index (χ0) is 23.3. The van der Waals surface area contributed by atoms with E-state index in [0.29, 0.717) is 0 Å². The Bertz CT molecular complexity index is 1270. The van der Waals surface area contributed by atoms with E-state index in [0.717, 1.165) is 34.5 Å². The molecule has 1 N–H and O–H groups in total. The molecule has 0 radical (unpaired) electrons. The number of thioether (sulfide) groups is 1. The zero-order valence-corrected chi connectivity index (χ0v) is 20.6. The molecule has 1 aliphatic rings. The second-order valence-electron chi connectivity index (χ2n) is 8.91. The van der Waals surface area contributed by atoms with Crippen LogP contribution in [0.25, 0.3) is 17.1 Å². The van der Waals surface area contributed by atoms with Crippen molar-refractivity contribution in [2.45, 2.75) is 44.8 Å². The van der Waals surface area contributed by atoms with Crippen molar-refractivity contribution in [3.8, 4) is 17.1 Å². The predicted octanol–water partition coefficient (Wildman–Crippen LogP) is 6.87. The second kappa shape index (κ2) is 10.3. The molecule has 1 aliphatic carbocycles. The molecule has 34 heavy (non-hydrogen) atoms. The lowest BCUT2D eigenvalue weighted by Crippen LogP contribution is -2.20. The van der Waals surface area contributed by atoms with Crippen LogP contribution in [0.1, 0.15) is 36.0 Å². The van der Waals surface area contributed by atoms with Crippen molar-refractivity contribution in [3.05, 3.63) is 107 Å². The molecule has 172 valence electrons. The van der Waals surface area contributed by atoms with Crippen molar-refractivity contribution in [2.75, 3.05) is 5.75 Å². The topological polar surface area (TPSA) is 42.7 Å². The summed E-state index contributed by atoms with van der Waals surface area (Å²) < 4.78 is 2.18. The molecule has 1 aromatic heterocycles. The smallest absolute Gasteiger partial charge is 0.196 e. The van der Waals surface area contributed by atoms with E-state index in [1.54, 1.807) is 17.3 Å². The summed E-state index contributed by atoms with van der Waals surface area (Å²) >= 11 is 1.75. The number of aryl methyl sites for hydroxylation is 2. The summed E-state index contributed by atoms with van der Waals surface area (Å²) in [7, 11) is 0. The maximum absolute atomic E-state index is 4.62. The molecule has 0 bridgehead atoms. The summed E-state index contributed by atoms with van der Waals surface area (Å²) in [5.74, 6) is 1.74. The Kier molecular flexibility index (Phi) is 6.82. The molecule has 1 fully saturated rings. The van der Waals surface area contributed by atoms with Crippen LogP contribution in [-0.2, 0) is 6.54 Å². The van der Waals surface area contributed by atoms with Crippen LogP contribution < -0.4 is 5.32 Å². The van der Waals surface area contributed by atoms with Gasteiger partial charge in [0.25, 0.3) is 0 Å². The average molecular weight is 467 g/mol. The number of hydrogen-bond donors (Lipinski definition) is 1. The molecule has 4 aromatic rings. The van der Waals surface area contributed by atoms with Gasteiger partial charge in [0, 0.05) is 29.2 Å². The van der Waals surface area contributed by atoms with E-state index in [4.69, 9.17) is 0 Å². The molecule has 1 heterocycles. The van der Waals surface area contributed by atoms with Crippen LogP contribution in [0.5, 0.6) is 0 Å². The second-order valence-corrected chi connectivity index (χ2v) is 9.85. The van der Waals surface area contributed by atoms with Gasteiger partial charge in [-0.05, 0) is 50.8 Å². The molecule has 0 saturated heterocycles. The third-order valence-electron chi connectivity index (χ3n) is 6.31. The van der Waals surface area contributed by atoms with Crippen molar-refractivity contribution >= 4 is 11.8 Å². The van der Waals surface area contributed by atoms with Crippen LogP contribution in [0.4, 0.5) is 0 Å². The van der Waals surface area contributed by atoms with Crippen LogP contribution in [-0.4, -0.2) is 20.5 Å². The first-order chi connectivity index (χ1) is 16.7. The van der Waals surface area contributed by atoms with E-state index >= 15 is 0 Å². The Morgan fingerprint density at radius 1 is 0.853 bits per heavy atom.